The molecule has 2 aromatic rings. The average molecular weight is 323 g/mol. The smallest absolute Gasteiger partial charge is 0.239 e. The number of amides is 1. The van der Waals surface area contributed by atoms with Crippen LogP contribution in [0.2, 0.25) is 10.0 Å². The Hall–Kier alpha value is -1.71. The zero-order chi connectivity index (χ0) is 15.2. The molecule has 2 rings (SSSR count). The Kier molecular flexibility index (Phi) is 5.48. The molecule has 0 fully saturated rings. The first-order valence-electron chi connectivity index (χ1n) is 6.59. The zero-order valence-electron chi connectivity index (χ0n) is 11.6. The lowest BCUT2D eigenvalue weighted by Gasteiger charge is -2.15. The first kappa shape index (κ1) is 15.7. The van der Waals surface area contributed by atoms with Gasteiger partial charge in [-0.25, -0.2) is 0 Å². The monoisotopic (exact) mass is 322 g/mol. The SMILES string of the molecule is C[C@@H](NC(=O)CNc1ccc(Cl)cc1Cl)c1ccccc1. The van der Waals surface area contributed by atoms with E-state index in [0.717, 1.165) is 5.56 Å². The highest BCUT2D eigenvalue weighted by molar-refractivity contribution is 6.36. The molecule has 21 heavy (non-hydrogen) atoms. The van der Waals surface area contributed by atoms with Crippen LogP contribution in [0.4, 0.5) is 5.69 Å². The summed E-state index contributed by atoms with van der Waals surface area (Å²) < 4.78 is 0. The molecule has 110 valence electrons. The van der Waals surface area contributed by atoms with Crippen molar-refractivity contribution in [1.82, 2.24) is 5.32 Å². The van der Waals surface area contributed by atoms with E-state index in [1.807, 2.05) is 37.3 Å². The van der Waals surface area contributed by atoms with E-state index in [1.54, 1.807) is 18.2 Å². The third kappa shape index (κ3) is 4.66. The molecule has 0 bridgehead atoms. The summed E-state index contributed by atoms with van der Waals surface area (Å²) in [5, 5.41) is 6.98. The van der Waals surface area contributed by atoms with Crippen LogP contribution in [0, 0.1) is 0 Å². The van der Waals surface area contributed by atoms with Crippen LogP contribution >= 0.6 is 23.2 Å². The molecule has 1 amide bonds. The van der Waals surface area contributed by atoms with Crippen molar-refractivity contribution in [3.63, 3.8) is 0 Å². The van der Waals surface area contributed by atoms with Crippen molar-refractivity contribution < 1.29 is 4.79 Å². The van der Waals surface area contributed by atoms with Gasteiger partial charge in [0.15, 0.2) is 0 Å². The van der Waals surface area contributed by atoms with Gasteiger partial charge in [-0.3, -0.25) is 4.79 Å². The maximum absolute atomic E-state index is 11.9. The van der Waals surface area contributed by atoms with Gasteiger partial charge in [-0.2, -0.15) is 0 Å². The van der Waals surface area contributed by atoms with Gasteiger partial charge in [0, 0.05) is 5.02 Å². The third-order valence-electron chi connectivity index (χ3n) is 3.05. The molecule has 2 N–H and O–H groups in total. The predicted molar refractivity (Wildman–Crippen MR) is 88.0 cm³/mol. The second-order valence-electron chi connectivity index (χ2n) is 4.68. The van der Waals surface area contributed by atoms with Crippen molar-refractivity contribution >= 4 is 34.8 Å². The van der Waals surface area contributed by atoms with Gasteiger partial charge in [0.1, 0.15) is 0 Å². The molecule has 5 heteroatoms. The lowest BCUT2D eigenvalue weighted by Crippen LogP contribution is -2.32. The van der Waals surface area contributed by atoms with Gasteiger partial charge in [-0.15, -0.1) is 0 Å². The van der Waals surface area contributed by atoms with E-state index in [4.69, 9.17) is 23.2 Å². The van der Waals surface area contributed by atoms with Gasteiger partial charge < -0.3 is 10.6 Å². The average Bonchev–Trinajstić information content (AvgIpc) is 2.47. The second kappa shape index (κ2) is 7.34. The van der Waals surface area contributed by atoms with Gasteiger partial charge >= 0.3 is 0 Å². The highest BCUT2D eigenvalue weighted by atomic mass is 35.5. The predicted octanol–water partition coefficient (Wildman–Crippen LogP) is 4.28. The molecule has 0 spiro atoms. The molecule has 0 radical (unpaired) electrons. The maximum atomic E-state index is 11.9. The van der Waals surface area contributed by atoms with E-state index in [9.17, 15) is 4.79 Å². The van der Waals surface area contributed by atoms with E-state index < -0.39 is 0 Å². The molecule has 0 aromatic heterocycles. The van der Waals surface area contributed by atoms with E-state index >= 15 is 0 Å². The van der Waals surface area contributed by atoms with Crippen LogP contribution in [-0.2, 0) is 4.79 Å². The summed E-state index contributed by atoms with van der Waals surface area (Å²) in [4.78, 5) is 11.9. The molecular formula is C16H16Cl2N2O. The van der Waals surface area contributed by atoms with Crippen LogP contribution < -0.4 is 10.6 Å². The maximum Gasteiger partial charge on any atom is 0.239 e. The molecule has 0 saturated carbocycles. The Morgan fingerprint density at radius 2 is 1.86 bits per heavy atom. The highest BCUT2D eigenvalue weighted by Crippen LogP contribution is 2.25. The quantitative estimate of drug-likeness (QED) is 0.862. The summed E-state index contributed by atoms with van der Waals surface area (Å²) in [7, 11) is 0. The summed E-state index contributed by atoms with van der Waals surface area (Å²) in [5.41, 5.74) is 1.75. The van der Waals surface area contributed by atoms with Crippen LogP contribution in [0.15, 0.2) is 48.5 Å². The number of hydrogen-bond acceptors (Lipinski definition) is 2. The van der Waals surface area contributed by atoms with Crippen molar-refractivity contribution in [2.24, 2.45) is 0 Å². The first-order valence-corrected chi connectivity index (χ1v) is 7.35. The van der Waals surface area contributed by atoms with Crippen molar-refractivity contribution in [2.75, 3.05) is 11.9 Å². The molecule has 0 aliphatic heterocycles. The number of rotatable bonds is 5. The summed E-state index contributed by atoms with van der Waals surface area (Å²) >= 11 is 11.9. The van der Waals surface area contributed by atoms with Gasteiger partial charge in [0.25, 0.3) is 0 Å². The van der Waals surface area contributed by atoms with Crippen LogP contribution in [0.5, 0.6) is 0 Å². The molecule has 0 saturated heterocycles. The van der Waals surface area contributed by atoms with Crippen molar-refractivity contribution in [2.45, 2.75) is 13.0 Å². The lowest BCUT2D eigenvalue weighted by molar-refractivity contribution is -0.120. The Labute approximate surface area is 134 Å². The lowest BCUT2D eigenvalue weighted by atomic mass is 10.1. The van der Waals surface area contributed by atoms with Crippen molar-refractivity contribution in [3.8, 4) is 0 Å². The zero-order valence-corrected chi connectivity index (χ0v) is 13.1. The van der Waals surface area contributed by atoms with Crippen molar-refractivity contribution in [1.29, 1.82) is 0 Å². The third-order valence-corrected chi connectivity index (χ3v) is 3.60. The normalized spacial score (nSPS) is 11.8. The second-order valence-corrected chi connectivity index (χ2v) is 5.52. The number of halogens is 2. The molecular weight excluding hydrogens is 307 g/mol. The number of benzene rings is 2. The molecule has 2 aromatic carbocycles. The fraction of sp³-hybridized carbons (Fsp3) is 0.188. The molecule has 1 atom stereocenters. The standard InChI is InChI=1S/C16H16Cl2N2O/c1-11(12-5-3-2-4-6-12)20-16(21)10-19-15-8-7-13(17)9-14(15)18/h2-9,11,19H,10H2,1H3,(H,20,21)/t11-/m1/s1. The number of nitrogens with one attached hydrogen (secondary N) is 2. The Morgan fingerprint density at radius 3 is 2.52 bits per heavy atom. The van der Waals surface area contributed by atoms with Gasteiger partial charge in [-0.1, -0.05) is 53.5 Å². The minimum atomic E-state index is -0.0997. The Morgan fingerprint density at radius 1 is 1.14 bits per heavy atom. The summed E-state index contributed by atoms with van der Waals surface area (Å²) in [6, 6.07) is 14.9. The van der Waals surface area contributed by atoms with Gasteiger partial charge in [0.2, 0.25) is 5.91 Å². The fourth-order valence-corrected chi connectivity index (χ4v) is 2.40. The van der Waals surface area contributed by atoms with Crippen LogP contribution in [0.3, 0.4) is 0 Å². The fourth-order valence-electron chi connectivity index (χ4n) is 1.93. The number of carbonyl (C=O) groups is 1. The van der Waals surface area contributed by atoms with E-state index in [0.29, 0.717) is 15.7 Å². The molecule has 0 heterocycles. The van der Waals surface area contributed by atoms with E-state index in [-0.39, 0.29) is 18.5 Å². The van der Waals surface area contributed by atoms with E-state index in [2.05, 4.69) is 10.6 Å². The van der Waals surface area contributed by atoms with E-state index in [1.165, 1.54) is 0 Å². The largest absolute Gasteiger partial charge is 0.375 e. The Bertz CT molecular complexity index is 617. The summed E-state index contributed by atoms with van der Waals surface area (Å²) in [6.45, 7) is 2.10. The van der Waals surface area contributed by atoms with Gasteiger partial charge in [0.05, 0.1) is 23.3 Å². The molecule has 0 aliphatic carbocycles. The minimum Gasteiger partial charge on any atom is -0.375 e. The van der Waals surface area contributed by atoms with Crippen molar-refractivity contribution in [3.05, 3.63) is 64.1 Å². The topological polar surface area (TPSA) is 41.1 Å². The Balaban J connectivity index is 1.87. The summed E-state index contributed by atoms with van der Waals surface area (Å²) in [6.07, 6.45) is 0. The highest BCUT2D eigenvalue weighted by Gasteiger charge is 2.09. The molecule has 0 aliphatic rings. The number of hydrogen-bond donors (Lipinski definition) is 2. The first-order chi connectivity index (χ1) is 10.1. The molecule has 3 nitrogen and oxygen atoms in total. The van der Waals surface area contributed by atoms with Crippen LogP contribution in [0.25, 0.3) is 0 Å². The number of carbonyl (C=O) groups excluding carboxylic acids is 1. The van der Waals surface area contributed by atoms with Crippen LogP contribution in [-0.4, -0.2) is 12.5 Å². The molecule has 0 unspecified atom stereocenters. The van der Waals surface area contributed by atoms with Gasteiger partial charge in [-0.05, 0) is 30.7 Å². The summed E-state index contributed by atoms with van der Waals surface area (Å²) in [5.74, 6) is -0.0997. The number of anilines is 1. The minimum absolute atomic E-state index is 0.0406. The van der Waals surface area contributed by atoms with Crippen LogP contribution in [0.1, 0.15) is 18.5 Å².